The topological polar surface area (TPSA) is 72.1 Å². The lowest BCUT2D eigenvalue weighted by Crippen LogP contribution is -2.50. The molecular formula is C14H20ClN7O. The van der Waals surface area contributed by atoms with Crippen molar-refractivity contribution in [1.29, 1.82) is 0 Å². The van der Waals surface area contributed by atoms with Crippen molar-refractivity contribution in [2.24, 2.45) is 0 Å². The van der Waals surface area contributed by atoms with Crippen LogP contribution in [-0.2, 0) is 11.3 Å². The minimum atomic E-state index is -0.329. The Morgan fingerprint density at radius 3 is 2.65 bits per heavy atom. The summed E-state index contributed by atoms with van der Waals surface area (Å²) in [6.45, 7) is 6.78. The molecule has 1 amide bonds. The van der Waals surface area contributed by atoms with Crippen molar-refractivity contribution in [2.45, 2.75) is 19.5 Å². The number of nitrogens with zero attached hydrogens (tertiary/aromatic N) is 7. The molecule has 0 aliphatic carbocycles. The SMILES string of the molecule is C[C@@H](C(=O)N1CCN(CCn2cncn2)CC1)n1cc(Cl)cn1. The van der Waals surface area contributed by atoms with E-state index in [1.165, 1.54) is 0 Å². The molecule has 9 heteroatoms. The molecule has 1 aliphatic rings. The zero-order valence-electron chi connectivity index (χ0n) is 13.0. The molecule has 0 bridgehead atoms. The van der Waals surface area contributed by atoms with E-state index in [1.807, 2.05) is 16.5 Å². The van der Waals surface area contributed by atoms with Gasteiger partial charge in [-0.05, 0) is 6.92 Å². The lowest BCUT2D eigenvalue weighted by atomic mass is 10.2. The molecule has 1 atom stereocenters. The Bertz CT molecular complexity index is 633. The first kappa shape index (κ1) is 15.9. The van der Waals surface area contributed by atoms with E-state index in [9.17, 15) is 4.79 Å². The highest BCUT2D eigenvalue weighted by atomic mass is 35.5. The van der Waals surface area contributed by atoms with Gasteiger partial charge in [-0.25, -0.2) is 4.98 Å². The van der Waals surface area contributed by atoms with Crippen molar-refractivity contribution in [3.05, 3.63) is 30.1 Å². The summed E-state index contributed by atoms with van der Waals surface area (Å²) in [4.78, 5) is 20.7. The number of rotatable bonds is 5. The molecule has 124 valence electrons. The third-order valence-corrected chi connectivity index (χ3v) is 4.32. The summed E-state index contributed by atoms with van der Waals surface area (Å²) >= 11 is 5.86. The number of hydrogen-bond acceptors (Lipinski definition) is 5. The number of hydrogen-bond donors (Lipinski definition) is 0. The van der Waals surface area contributed by atoms with Crippen LogP contribution in [0.15, 0.2) is 25.0 Å². The largest absolute Gasteiger partial charge is 0.338 e. The average Bonchev–Trinajstić information content (AvgIpc) is 3.23. The maximum absolute atomic E-state index is 12.5. The summed E-state index contributed by atoms with van der Waals surface area (Å²) in [5.41, 5.74) is 0. The first-order valence-corrected chi connectivity index (χ1v) is 8.04. The second-order valence-corrected chi connectivity index (χ2v) is 6.08. The van der Waals surface area contributed by atoms with Crippen LogP contribution in [0.2, 0.25) is 5.02 Å². The van der Waals surface area contributed by atoms with E-state index in [0.717, 1.165) is 39.3 Å². The Hall–Kier alpha value is -1.93. The standard InChI is InChI=1S/C14H20ClN7O/c1-12(22-9-13(15)8-17-22)14(23)20-5-2-19(3-6-20)4-7-21-11-16-10-18-21/h8-12H,2-7H2,1H3/t12-/m0/s1. The van der Waals surface area contributed by atoms with Gasteiger partial charge in [0.25, 0.3) is 0 Å². The third kappa shape index (κ3) is 3.89. The van der Waals surface area contributed by atoms with Gasteiger partial charge in [0.1, 0.15) is 18.7 Å². The Kier molecular flexibility index (Phi) is 4.92. The monoisotopic (exact) mass is 337 g/mol. The van der Waals surface area contributed by atoms with Gasteiger partial charge in [-0.3, -0.25) is 19.1 Å². The quantitative estimate of drug-likeness (QED) is 0.796. The molecule has 0 unspecified atom stereocenters. The lowest BCUT2D eigenvalue weighted by molar-refractivity contribution is -0.136. The van der Waals surface area contributed by atoms with Gasteiger partial charge in [-0.2, -0.15) is 10.2 Å². The van der Waals surface area contributed by atoms with E-state index in [-0.39, 0.29) is 11.9 Å². The second-order valence-electron chi connectivity index (χ2n) is 5.64. The summed E-state index contributed by atoms with van der Waals surface area (Å²) in [5.74, 6) is 0.0840. The number of carbonyl (C=O) groups is 1. The molecule has 2 aromatic rings. The summed E-state index contributed by atoms with van der Waals surface area (Å²) < 4.78 is 3.43. The molecule has 2 aromatic heterocycles. The fraction of sp³-hybridized carbons (Fsp3) is 0.571. The van der Waals surface area contributed by atoms with Crippen molar-refractivity contribution in [3.8, 4) is 0 Å². The Labute approximate surface area is 139 Å². The lowest BCUT2D eigenvalue weighted by Gasteiger charge is -2.35. The number of aromatic nitrogens is 5. The molecule has 1 fully saturated rings. The van der Waals surface area contributed by atoms with Crippen LogP contribution < -0.4 is 0 Å². The number of amides is 1. The minimum Gasteiger partial charge on any atom is -0.338 e. The number of carbonyl (C=O) groups excluding carboxylic acids is 1. The van der Waals surface area contributed by atoms with Crippen LogP contribution in [0.4, 0.5) is 0 Å². The van der Waals surface area contributed by atoms with E-state index < -0.39 is 0 Å². The Morgan fingerprint density at radius 1 is 1.26 bits per heavy atom. The molecule has 8 nitrogen and oxygen atoms in total. The van der Waals surface area contributed by atoms with Gasteiger partial charge in [0, 0.05) is 38.9 Å². The van der Waals surface area contributed by atoms with Crippen molar-refractivity contribution in [3.63, 3.8) is 0 Å². The van der Waals surface area contributed by atoms with Gasteiger partial charge in [-0.1, -0.05) is 11.6 Å². The van der Waals surface area contributed by atoms with E-state index in [2.05, 4.69) is 20.1 Å². The highest BCUT2D eigenvalue weighted by Gasteiger charge is 2.26. The normalized spacial score (nSPS) is 17.4. The molecule has 1 saturated heterocycles. The highest BCUT2D eigenvalue weighted by molar-refractivity contribution is 6.30. The Balaban J connectivity index is 1.47. The molecule has 3 heterocycles. The van der Waals surface area contributed by atoms with Crippen molar-refractivity contribution in [1.82, 2.24) is 34.3 Å². The van der Waals surface area contributed by atoms with Crippen LogP contribution in [0.1, 0.15) is 13.0 Å². The van der Waals surface area contributed by atoms with Gasteiger partial charge >= 0.3 is 0 Å². The molecule has 3 rings (SSSR count). The molecule has 0 aromatic carbocycles. The summed E-state index contributed by atoms with van der Waals surface area (Å²) in [6, 6.07) is -0.329. The Morgan fingerprint density at radius 2 is 2.04 bits per heavy atom. The van der Waals surface area contributed by atoms with E-state index in [4.69, 9.17) is 11.6 Å². The first-order valence-electron chi connectivity index (χ1n) is 7.66. The van der Waals surface area contributed by atoms with Crippen molar-refractivity contribution >= 4 is 17.5 Å². The minimum absolute atomic E-state index is 0.0840. The molecule has 1 aliphatic heterocycles. The van der Waals surface area contributed by atoms with E-state index >= 15 is 0 Å². The number of piperazine rings is 1. The predicted octanol–water partition coefficient (Wildman–Crippen LogP) is 0.533. The van der Waals surface area contributed by atoms with Crippen LogP contribution in [-0.4, -0.2) is 73.0 Å². The maximum Gasteiger partial charge on any atom is 0.247 e. The van der Waals surface area contributed by atoms with Gasteiger partial charge in [0.05, 0.1) is 17.8 Å². The number of halogens is 1. The zero-order valence-corrected chi connectivity index (χ0v) is 13.8. The molecule has 0 radical (unpaired) electrons. The van der Waals surface area contributed by atoms with Gasteiger partial charge < -0.3 is 4.90 Å². The van der Waals surface area contributed by atoms with Crippen LogP contribution in [0.3, 0.4) is 0 Å². The van der Waals surface area contributed by atoms with Crippen molar-refractivity contribution < 1.29 is 4.79 Å². The maximum atomic E-state index is 12.5. The smallest absolute Gasteiger partial charge is 0.247 e. The van der Waals surface area contributed by atoms with Crippen LogP contribution in [0.5, 0.6) is 0 Å². The summed E-state index contributed by atoms with van der Waals surface area (Å²) in [7, 11) is 0. The predicted molar refractivity (Wildman–Crippen MR) is 85.0 cm³/mol. The first-order chi connectivity index (χ1) is 11.1. The molecule has 23 heavy (non-hydrogen) atoms. The van der Waals surface area contributed by atoms with Gasteiger partial charge in [0.2, 0.25) is 5.91 Å². The zero-order chi connectivity index (χ0) is 16.2. The van der Waals surface area contributed by atoms with E-state index in [0.29, 0.717) is 5.02 Å². The second kappa shape index (κ2) is 7.10. The van der Waals surface area contributed by atoms with Gasteiger partial charge in [0.15, 0.2) is 0 Å². The highest BCUT2D eigenvalue weighted by Crippen LogP contribution is 2.14. The van der Waals surface area contributed by atoms with Gasteiger partial charge in [-0.15, -0.1) is 0 Å². The van der Waals surface area contributed by atoms with Crippen molar-refractivity contribution in [2.75, 3.05) is 32.7 Å². The summed E-state index contributed by atoms with van der Waals surface area (Å²) in [5, 5.41) is 8.76. The van der Waals surface area contributed by atoms with E-state index in [1.54, 1.807) is 29.7 Å². The summed E-state index contributed by atoms with van der Waals surface area (Å²) in [6.07, 6.45) is 6.49. The van der Waals surface area contributed by atoms with Crippen LogP contribution >= 0.6 is 11.6 Å². The fourth-order valence-electron chi connectivity index (χ4n) is 2.69. The fourth-order valence-corrected chi connectivity index (χ4v) is 2.83. The average molecular weight is 338 g/mol. The third-order valence-electron chi connectivity index (χ3n) is 4.12. The molecular weight excluding hydrogens is 318 g/mol. The molecule has 0 saturated carbocycles. The van der Waals surface area contributed by atoms with Crippen LogP contribution in [0.25, 0.3) is 0 Å². The van der Waals surface area contributed by atoms with Crippen LogP contribution in [0, 0.1) is 0 Å². The molecule has 0 N–H and O–H groups in total. The molecule has 0 spiro atoms.